The van der Waals surface area contributed by atoms with Crippen LogP contribution in [0.4, 0.5) is 11.5 Å². The number of aryl methyl sites for hydroxylation is 1. The molecule has 2 amide bonds. The standard InChI is InChI=1S/C26H27ClN6O2/c1-17-16-30-33-24(15-23(32-25(17)33)21-7-3-4-8-22(21)27)28-13-5-6-14-29-26(35)19-9-11-20(12-10-19)31-18(2)34/h3-4,7-12,15-16,28H,5-6,13-14H2,1-2H3,(H,29,35)(H,31,34). The summed E-state index contributed by atoms with van der Waals surface area (Å²) >= 11 is 6.40. The van der Waals surface area contributed by atoms with Crippen LogP contribution in [0.1, 0.15) is 35.7 Å². The average molecular weight is 491 g/mol. The van der Waals surface area contributed by atoms with E-state index in [0.29, 0.717) is 29.4 Å². The molecule has 4 rings (SSSR count). The van der Waals surface area contributed by atoms with Crippen LogP contribution in [0.2, 0.25) is 5.02 Å². The number of fused-ring (bicyclic) bond motifs is 1. The van der Waals surface area contributed by atoms with E-state index in [2.05, 4.69) is 21.0 Å². The molecule has 8 nitrogen and oxygen atoms in total. The van der Waals surface area contributed by atoms with Crippen molar-refractivity contribution >= 4 is 40.6 Å². The number of nitrogens with one attached hydrogen (secondary N) is 3. The number of unbranched alkanes of at least 4 members (excludes halogenated alkanes) is 1. The Balaban J connectivity index is 1.31. The summed E-state index contributed by atoms with van der Waals surface area (Å²) < 4.78 is 1.79. The van der Waals surface area contributed by atoms with Gasteiger partial charge in [0.05, 0.1) is 11.9 Å². The maximum Gasteiger partial charge on any atom is 0.251 e. The molecule has 0 saturated heterocycles. The minimum atomic E-state index is -0.147. The largest absolute Gasteiger partial charge is 0.370 e. The summed E-state index contributed by atoms with van der Waals surface area (Å²) in [4.78, 5) is 28.2. The van der Waals surface area contributed by atoms with Crippen molar-refractivity contribution < 1.29 is 9.59 Å². The summed E-state index contributed by atoms with van der Waals surface area (Å²) in [6.07, 6.45) is 3.46. The molecular weight excluding hydrogens is 464 g/mol. The zero-order valence-electron chi connectivity index (χ0n) is 19.6. The summed E-state index contributed by atoms with van der Waals surface area (Å²) in [5.74, 6) is 0.548. The number of anilines is 2. The minimum absolute atomic E-state index is 0.139. The van der Waals surface area contributed by atoms with Crippen LogP contribution >= 0.6 is 11.6 Å². The van der Waals surface area contributed by atoms with Crippen LogP contribution in [0.15, 0.2) is 60.8 Å². The molecular formula is C26H27ClN6O2. The number of nitrogens with zero attached hydrogens (tertiary/aromatic N) is 3. The van der Waals surface area contributed by atoms with Crippen molar-refractivity contribution in [3.8, 4) is 11.3 Å². The predicted molar refractivity (Wildman–Crippen MR) is 139 cm³/mol. The molecule has 2 aromatic carbocycles. The molecule has 9 heteroatoms. The predicted octanol–water partition coefficient (Wildman–Crippen LogP) is 4.94. The second kappa shape index (κ2) is 11.0. The molecule has 0 radical (unpaired) electrons. The van der Waals surface area contributed by atoms with Crippen molar-refractivity contribution in [1.29, 1.82) is 0 Å². The first-order valence-electron chi connectivity index (χ1n) is 11.4. The molecule has 0 fully saturated rings. The molecule has 0 aliphatic rings. The molecule has 0 aliphatic carbocycles. The second-order valence-electron chi connectivity index (χ2n) is 8.22. The van der Waals surface area contributed by atoms with E-state index in [1.807, 2.05) is 37.3 Å². The molecule has 0 unspecified atom stereocenters. The van der Waals surface area contributed by atoms with Crippen molar-refractivity contribution in [2.24, 2.45) is 0 Å². The second-order valence-corrected chi connectivity index (χ2v) is 8.62. The van der Waals surface area contributed by atoms with E-state index >= 15 is 0 Å². The number of carbonyl (C=O) groups is 2. The smallest absolute Gasteiger partial charge is 0.251 e. The molecule has 0 saturated carbocycles. The van der Waals surface area contributed by atoms with Gasteiger partial charge in [-0.3, -0.25) is 9.59 Å². The van der Waals surface area contributed by atoms with Gasteiger partial charge in [-0.05, 0) is 50.1 Å². The highest BCUT2D eigenvalue weighted by Gasteiger charge is 2.12. The van der Waals surface area contributed by atoms with Gasteiger partial charge >= 0.3 is 0 Å². The number of carbonyl (C=O) groups excluding carboxylic acids is 2. The summed E-state index contributed by atoms with van der Waals surface area (Å²) in [6, 6.07) is 16.4. The van der Waals surface area contributed by atoms with Gasteiger partial charge in [0, 0.05) is 53.5 Å². The van der Waals surface area contributed by atoms with Gasteiger partial charge in [0.1, 0.15) is 5.82 Å². The Labute approximate surface area is 208 Å². The normalized spacial score (nSPS) is 10.8. The molecule has 35 heavy (non-hydrogen) atoms. The Hall–Kier alpha value is -3.91. The van der Waals surface area contributed by atoms with E-state index in [0.717, 1.165) is 41.1 Å². The fourth-order valence-electron chi connectivity index (χ4n) is 3.68. The number of hydrogen-bond acceptors (Lipinski definition) is 5. The van der Waals surface area contributed by atoms with Crippen LogP contribution in [-0.2, 0) is 4.79 Å². The van der Waals surface area contributed by atoms with Crippen LogP contribution in [-0.4, -0.2) is 39.5 Å². The van der Waals surface area contributed by atoms with Gasteiger partial charge in [0.2, 0.25) is 5.91 Å². The lowest BCUT2D eigenvalue weighted by atomic mass is 10.1. The molecule has 4 aromatic rings. The van der Waals surface area contributed by atoms with E-state index in [-0.39, 0.29) is 11.8 Å². The monoisotopic (exact) mass is 490 g/mol. The van der Waals surface area contributed by atoms with E-state index in [9.17, 15) is 9.59 Å². The molecule has 2 heterocycles. The van der Waals surface area contributed by atoms with Gasteiger partial charge in [-0.1, -0.05) is 29.8 Å². The lowest BCUT2D eigenvalue weighted by molar-refractivity contribution is -0.114. The number of halogens is 1. The lowest BCUT2D eigenvalue weighted by Gasteiger charge is -2.12. The number of rotatable bonds is 9. The molecule has 0 bridgehead atoms. The van der Waals surface area contributed by atoms with Gasteiger partial charge in [0.25, 0.3) is 5.91 Å². The average Bonchev–Trinajstić information content (AvgIpc) is 3.22. The highest BCUT2D eigenvalue weighted by molar-refractivity contribution is 6.33. The lowest BCUT2D eigenvalue weighted by Crippen LogP contribution is -2.24. The quantitative estimate of drug-likeness (QED) is 0.288. The van der Waals surface area contributed by atoms with Gasteiger partial charge in [-0.15, -0.1) is 0 Å². The highest BCUT2D eigenvalue weighted by atomic mass is 35.5. The Morgan fingerprint density at radius 1 is 1.03 bits per heavy atom. The van der Waals surface area contributed by atoms with Crippen LogP contribution in [0, 0.1) is 6.92 Å². The topological polar surface area (TPSA) is 100 Å². The summed E-state index contributed by atoms with van der Waals surface area (Å²) in [5, 5.41) is 14.2. The molecule has 0 aliphatic heterocycles. The van der Waals surface area contributed by atoms with Crippen molar-refractivity contribution in [2.45, 2.75) is 26.7 Å². The summed E-state index contributed by atoms with van der Waals surface area (Å²) in [5.41, 5.74) is 4.63. The van der Waals surface area contributed by atoms with Crippen LogP contribution in [0.5, 0.6) is 0 Å². The molecule has 0 atom stereocenters. The van der Waals surface area contributed by atoms with Crippen molar-refractivity contribution in [2.75, 3.05) is 23.7 Å². The number of benzene rings is 2. The third kappa shape index (κ3) is 5.96. The third-order valence-electron chi connectivity index (χ3n) is 5.46. The van der Waals surface area contributed by atoms with E-state index in [1.165, 1.54) is 6.92 Å². The van der Waals surface area contributed by atoms with Gasteiger partial charge < -0.3 is 16.0 Å². The molecule has 180 valence electrons. The maximum atomic E-state index is 12.3. The van der Waals surface area contributed by atoms with Gasteiger partial charge in [-0.25, -0.2) is 4.98 Å². The SMILES string of the molecule is CC(=O)Nc1ccc(C(=O)NCCCCNc2cc(-c3ccccc3Cl)nc3c(C)cnn23)cc1. The molecule has 0 spiro atoms. The Kier molecular flexibility index (Phi) is 7.62. The van der Waals surface area contributed by atoms with Crippen LogP contribution < -0.4 is 16.0 Å². The first kappa shape index (κ1) is 24.2. The van der Waals surface area contributed by atoms with E-state index < -0.39 is 0 Å². The number of amides is 2. The summed E-state index contributed by atoms with van der Waals surface area (Å²) in [6.45, 7) is 4.69. The molecule has 2 aromatic heterocycles. The maximum absolute atomic E-state index is 12.3. The van der Waals surface area contributed by atoms with Crippen LogP contribution in [0.25, 0.3) is 16.9 Å². The molecule has 3 N–H and O–H groups in total. The minimum Gasteiger partial charge on any atom is -0.370 e. The van der Waals surface area contributed by atoms with Crippen molar-refractivity contribution in [3.63, 3.8) is 0 Å². The Bertz CT molecular complexity index is 1350. The van der Waals surface area contributed by atoms with E-state index in [1.54, 1.807) is 35.0 Å². The van der Waals surface area contributed by atoms with Gasteiger partial charge in [-0.2, -0.15) is 9.61 Å². The number of aromatic nitrogens is 3. The zero-order chi connectivity index (χ0) is 24.8. The number of hydrogen-bond donors (Lipinski definition) is 3. The van der Waals surface area contributed by atoms with Crippen LogP contribution in [0.3, 0.4) is 0 Å². The highest BCUT2D eigenvalue weighted by Crippen LogP contribution is 2.29. The van der Waals surface area contributed by atoms with Gasteiger partial charge in [0.15, 0.2) is 5.65 Å². The Morgan fingerprint density at radius 3 is 2.51 bits per heavy atom. The van der Waals surface area contributed by atoms with Crippen molar-refractivity contribution in [3.05, 3.63) is 76.9 Å². The van der Waals surface area contributed by atoms with E-state index in [4.69, 9.17) is 16.6 Å². The fourth-order valence-corrected chi connectivity index (χ4v) is 3.92. The fraction of sp³-hybridized carbons (Fsp3) is 0.231. The first-order chi connectivity index (χ1) is 16.9. The zero-order valence-corrected chi connectivity index (χ0v) is 20.4. The summed E-state index contributed by atoms with van der Waals surface area (Å²) in [7, 11) is 0. The third-order valence-corrected chi connectivity index (χ3v) is 5.79. The first-order valence-corrected chi connectivity index (χ1v) is 11.8. The van der Waals surface area contributed by atoms with Crippen molar-refractivity contribution in [1.82, 2.24) is 19.9 Å². The Morgan fingerprint density at radius 2 is 1.77 bits per heavy atom.